The Morgan fingerprint density at radius 3 is 2.34 bits per heavy atom. The molecule has 0 saturated carbocycles. The van der Waals surface area contributed by atoms with Crippen LogP contribution in [0.15, 0.2) is 94.5 Å². The molecule has 0 bridgehead atoms. The van der Waals surface area contributed by atoms with Gasteiger partial charge in [-0.3, -0.25) is 14.6 Å². The molecule has 2 aromatic carbocycles. The summed E-state index contributed by atoms with van der Waals surface area (Å²) < 4.78 is 0. The molecular formula is C29H33N3OS2. The molecule has 35 heavy (non-hydrogen) atoms. The summed E-state index contributed by atoms with van der Waals surface area (Å²) in [6, 6.07) is 18.4. The predicted octanol–water partition coefficient (Wildman–Crippen LogP) is 7.50. The van der Waals surface area contributed by atoms with E-state index in [1.165, 1.54) is 34.9 Å². The molecule has 182 valence electrons. The molecule has 1 saturated heterocycles. The Morgan fingerprint density at radius 2 is 1.57 bits per heavy atom. The van der Waals surface area contributed by atoms with Crippen LogP contribution in [0.1, 0.15) is 46.0 Å². The van der Waals surface area contributed by atoms with Crippen molar-refractivity contribution in [2.24, 2.45) is 0 Å². The third-order valence-electron chi connectivity index (χ3n) is 6.18. The zero-order valence-electron chi connectivity index (χ0n) is 20.5. The van der Waals surface area contributed by atoms with Gasteiger partial charge in [-0.2, -0.15) is 0 Å². The number of hydrogen-bond acceptors (Lipinski definition) is 4. The van der Waals surface area contributed by atoms with E-state index in [0.717, 1.165) is 25.1 Å². The first kappa shape index (κ1) is 25.3. The van der Waals surface area contributed by atoms with Crippen molar-refractivity contribution in [3.63, 3.8) is 0 Å². The zero-order valence-corrected chi connectivity index (χ0v) is 22.2. The average molecular weight is 504 g/mol. The van der Waals surface area contributed by atoms with E-state index in [4.69, 9.17) is 12.2 Å². The third kappa shape index (κ3) is 5.71. The summed E-state index contributed by atoms with van der Waals surface area (Å²) in [6.07, 6.45) is 13.7. The van der Waals surface area contributed by atoms with Gasteiger partial charge in [0.05, 0.1) is 10.7 Å². The molecule has 6 heteroatoms. The fourth-order valence-corrected chi connectivity index (χ4v) is 5.89. The number of carbonyl (C=O) groups is 1. The molecule has 0 radical (unpaired) electrons. The lowest BCUT2D eigenvalue weighted by molar-refractivity contribution is -0.122. The second-order valence-corrected chi connectivity index (χ2v) is 10.0. The van der Waals surface area contributed by atoms with Crippen molar-refractivity contribution in [1.29, 1.82) is 0 Å². The first-order chi connectivity index (χ1) is 17.2. The summed E-state index contributed by atoms with van der Waals surface area (Å²) in [4.78, 5) is 20.6. The maximum Gasteiger partial charge on any atom is 0.277 e. The number of thiocarbonyl (C=S) groups is 1. The van der Waals surface area contributed by atoms with Crippen LogP contribution in [-0.4, -0.2) is 29.0 Å². The minimum absolute atomic E-state index is 0.0236. The Balaban J connectivity index is 1.53. The lowest BCUT2D eigenvalue weighted by Gasteiger charge is -2.20. The van der Waals surface area contributed by atoms with Gasteiger partial charge < -0.3 is 4.90 Å². The number of amides is 1. The predicted molar refractivity (Wildman–Crippen MR) is 153 cm³/mol. The van der Waals surface area contributed by atoms with Crippen LogP contribution < -0.4 is 9.80 Å². The van der Waals surface area contributed by atoms with Gasteiger partial charge in [-0.15, -0.1) is 0 Å². The van der Waals surface area contributed by atoms with Crippen LogP contribution in [0.2, 0.25) is 0 Å². The van der Waals surface area contributed by atoms with Gasteiger partial charge in [0.15, 0.2) is 5.11 Å². The quantitative estimate of drug-likeness (QED) is 0.190. The Labute approximate surface area is 219 Å². The molecule has 4 rings (SSSR count). The number of unbranched alkanes of at least 4 members (excludes halogenated alkanes) is 4. The Bertz CT molecular complexity index is 1140. The molecule has 0 unspecified atom stereocenters. The highest BCUT2D eigenvalue weighted by molar-refractivity contribution is 8.03. The first-order valence-corrected chi connectivity index (χ1v) is 13.7. The van der Waals surface area contributed by atoms with E-state index in [0.29, 0.717) is 17.4 Å². The van der Waals surface area contributed by atoms with Gasteiger partial charge in [0.1, 0.15) is 5.70 Å². The summed E-state index contributed by atoms with van der Waals surface area (Å²) >= 11 is 7.55. The van der Waals surface area contributed by atoms with Crippen LogP contribution in [0.3, 0.4) is 0 Å². The minimum Gasteiger partial charge on any atom is -0.335 e. The van der Waals surface area contributed by atoms with Crippen molar-refractivity contribution in [3.8, 4) is 0 Å². The van der Waals surface area contributed by atoms with Crippen LogP contribution in [0.5, 0.6) is 0 Å². The number of anilines is 2. The molecule has 0 N–H and O–H groups in total. The van der Waals surface area contributed by atoms with E-state index in [1.807, 2.05) is 53.5 Å². The number of fused-ring (bicyclic) bond motifs is 1. The lowest BCUT2D eigenvalue weighted by atomic mass is 10.1. The van der Waals surface area contributed by atoms with Crippen molar-refractivity contribution < 1.29 is 4.79 Å². The van der Waals surface area contributed by atoms with E-state index in [-0.39, 0.29) is 5.91 Å². The summed E-state index contributed by atoms with van der Waals surface area (Å²) in [6.45, 7) is 5.94. The summed E-state index contributed by atoms with van der Waals surface area (Å²) in [5.74, 6) is -0.0236. The Hall–Kier alpha value is -2.83. The highest BCUT2D eigenvalue weighted by Crippen LogP contribution is 2.45. The van der Waals surface area contributed by atoms with Crippen LogP contribution in [0.25, 0.3) is 0 Å². The van der Waals surface area contributed by atoms with Crippen LogP contribution >= 0.6 is 24.0 Å². The van der Waals surface area contributed by atoms with Gasteiger partial charge >= 0.3 is 0 Å². The maximum absolute atomic E-state index is 13.4. The average Bonchev–Trinajstić information content (AvgIpc) is 3.36. The second kappa shape index (κ2) is 12.2. The lowest BCUT2D eigenvalue weighted by Crippen LogP contribution is -2.33. The summed E-state index contributed by atoms with van der Waals surface area (Å²) in [7, 11) is 0. The molecule has 0 aromatic heterocycles. The van der Waals surface area contributed by atoms with E-state index in [1.54, 1.807) is 16.7 Å². The Kier molecular flexibility index (Phi) is 8.83. The SMILES string of the molecule is CCCCCCCN1C(=O)C(=CC=CC=C2Sc3ccccc3N2CC)N(c2ccccc2)C1=S. The molecule has 0 spiro atoms. The molecule has 4 nitrogen and oxygen atoms in total. The second-order valence-electron chi connectivity index (χ2n) is 8.58. The van der Waals surface area contributed by atoms with Gasteiger partial charge in [-0.25, -0.2) is 0 Å². The maximum atomic E-state index is 13.4. The Morgan fingerprint density at radius 1 is 0.857 bits per heavy atom. The number of nitrogens with zero attached hydrogens (tertiary/aromatic N) is 3. The van der Waals surface area contributed by atoms with Gasteiger partial charge in [0.25, 0.3) is 5.91 Å². The standard InChI is InChI=1S/C29H33N3OS2/c1-3-5-6-7-15-22-31-28(33)25(32(29(31)34)23-16-9-8-10-17-23)19-12-14-21-27-30(4-2)24-18-11-13-20-26(24)35-27/h8-14,16-21H,3-7,15,22H2,1-2H3. The molecular weight excluding hydrogens is 470 g/mol. The topological polar surface area (TPSA) is 26.8 Å². The van der Waals surface area contributed by atoms with Crippen molar-refractivity contribution in [1.82, 2.24) is 4.90 Å². The summed E-state index contributed by atoms with van der Waals surface area (Å²) in [5.41, 5.74) is 2.76. The van der Waals surface area contributed by atoms with E-state index in [9.17, 15) is 4.79 Å². The van der Waals surface area contributed by atoms with Gasteiger partial charge in [0.2, 0.25) is 0 Å². The summed E-state index contributed by atoms with van der Waals surface area (Å²) in [5, 5.41) is 1.75. The van der Waals surface area contributed by atoms with Crippen LogP contribution in [0.4, 0.5) is 11.4 Å². The fraction of sp³-hybridized carbons (Fsp3) is 0.310. The molecule has 2 heterocycles. The molecule has 0 atom stereocenters. The minimum atomic E-state index is -0.0236. The number of hydrogen-bond donors (Lipinski definition) is 0. The largest absolute Gasteiger partial charge is 0.335 e. The van der Waals surface area contributed by atoms with Crippen molar-refractivity contribution in [2.45, 2.75) is 50.8 Å². The smallest absolute Gasteiger partial charge is 0.277 e. The molecule has 2 aliphatic rings. The van der Waals surface area contributed by atoms with E-state index < -0.39 is 0 Å². The first-order valence-electron chi connectivity index (χ1n) is 12.5. The highest BCUT2D eigenvalue weighted by Gasteiger charge is 2.38. The number of para-hydroxylation sites is 2. The van der Waals surface area contributed by atoms with E-state index in [2.05, 4.69) is 49.1 Å². The van der Waals surface area contributed by atoms with Crippen molar-refractivity contribution >= 4 is 46.4 Å². The fourth-order valence-electron chi connectivity index (χ4n) is 4.38. The number of thioether (sulfide) groups is 1. The van der Waals surface area contributed by atoms with Crippen LogP contribution in [0, 0.1) is 0 Å². The molecule has 2 aromatic rings. The van der Waals surface area contributed by atoms with Gasteiger partial charge in [-0.1, -0.05) is 86.9 Å². The number of carbonyl (C=O) groups excluding carboxylic acids is 1. The van der Waals surface area contributed by atoms with Gasteiger partial charge in [-0.05, 0) is 62.0 Å². The van der Waals surface area contributed by atoms with Crippen molar-refractivity contribution in [2.75, 3.05) is 22.9 Å². The zero-order chi connectivity index (χ0) is 24.6. The van der Waals surface area contributed by atoms with Gasteiger partial charge in [0, 0.05) is 23.7 Å². The normalized spacial score (nSPS) is 18.1. The molecule has 0 aliphatic carbocycles. The molecule has 1 fully saturated rings. The highest BCUT2D eigenvalue weighted by atomic mass is 32.2. The number of benzene rings is 2. The monoisotopic (exact) mass is 503 g/mol. The van der Waals surface area contributed by atoms with E-state index >= 15 is 0 Å². The molecule has 2 aliphatic heterocycles. The van der Waals surface area contributed by atoms with Crippen LogP contribution in [-0.2, 0) is 4.79 Å². The third-order valence-corrected chi connectivity index (χ3v) is 7.72. The number of rotatable bonds is 10. The van der Waals surface area contributed by atoms with Crippen molar-refractivity contribution in [3.05, 3.63) is 89.6 Å². The molecule has 1 amide bonds. The number of allylic oxidation sites excluding steroid dienone is 4.